The highest BCUT2D eigenvalue weighted by molar-refractivity contribution is 9.11. The van der Waals surface area contributed by atoms with Crippen LogP contribution < -0.4 is 15.3 Å². The van der Waals surface area contributed by atoms with E-state index in [-0.39, 0.29) is 18.3 Å². The highest BCUT2D eigenvalue weighted by atomic mass is 79.9. The molecular weight excluding hydrogens is 1540 g/mol. The lowest BCUT2D eigenvalue weighted by Gasteiger charge is -2.32. The first kappa shape index (κ1) is 70.4. The Kier molecular flexibility index (Phi) is 18.5. The minimum absolute atomic E-state index is 0.330. The Morgan fingerprint density at radius 2 is 0.580 bits per heavy atom. The van der Waals surface area contributed by atoms with E-state index in [0.29, 0.717) is 0 Å². The predicted octanol–water partition coefficient (Wildman–Crippen LogP) is 27.7. The van der Waals surface area contributed by atoms with E-state index in [1.807, 2.05) is 48.5 Å². The summed E-state index contributed by atoms with van der Waals surface area (Å²) in [7, 11) is -0.336. The number of anilines is 6. The Hall–Kier alpha value is -12.0. The van der Waals surface area contributed by atoms with Gasteiger partial charge in [0.2, 0.25) is 0 Å². The first-order valence-electron chi connectivity index (χ1n) is 37.5. The number of thiazole rings is 2. The summed E-state index contributed by atoms with van der Waals surface area (Å²) in [5, 5.41) is 9.44. The third kappa shape index (κ3) is 12.8. The summed E-state index contributed by atoms with van der Waals surface area (Å²) >= 11 is 10.7. The van der Waals surface area contributed by atoms with Gasteiger partial charge >= 0.3 is 7.12 Å². The molecule has 540 valence electrons. The number of aromatic nitrogens is 5. The topological polar surface area (TPSA) is 65.5 Å². The smallest absolute Gasteiger partial charge is 0.399 e. The molecule has 0 aliphatic carbocycles. The van der Waals surface area contributed by atoms with Gasteiger partial charge in [-0.1, -0.05) is 253 Å². The van der Waals surface area contributed by atoms with Crippen LogP contribution in [0.25, 0.3) is 125 Å². The fraction of sp³-hybridized carbons (Fsp3) is 0.0612. The number of para-hydroxylation sites is 10. The Labute approximate surface area is 674 Å². The van der Waals surface area contributed by atoms with Gasteiger partial charge in [0.25, 0.3) is 0 Å². The van der Waals surface area contributed by atoms with E-state index in [2.05, 4.69) is 399 Å². The number of hydrogen-bond acceptors (Lipinski definition) is 8. The zero-order valence-electron chi connectivity index (χ0n) is 61.7. The molecule has 14 heteroatoms. The summed E-state index contributed by atoms with van der Waals surface area (Å²) in [5.41, 5.74) is 21.9. The van der Waals surface area contributed by atoms with Gasteiger partial charge in [0.1, 0.15) is 0 Å². The van der Waals surface area contributed by atoms with E-state index in [9.17, 15) is 0 Å². The van der Waals surface area contributed by atoms with Crippen molar-refractivity contribution < 1.29 is 9.31 Å². The van der Waals surface area contributed by atoms with Crippen molar-refractivity contribution in [2.45, 2.75) is 38.9 Å². The molecule has 0 atom stereocenters. The summed E-state index contributed by atoms with van der Waals surface area (Å²) in [5.74, 6) is 0. The maximum Gasteiger partial charge on any atom is 0.494 e. The summed E-state index contributed by atoms with van der Waals surface area (Å²) in [4.78, 5) is 14.9. The average Bonchev–Trinajstić information content (AvgIpc) is 1.61. The third-order valence-electron chi connectivity index (χ3n) is 21.7. The van der Waals surface area contributed by atoms with E-state index in [4.69, 9.17) is 19.3 Å². The van der Waals surface area contributed by atoms with Crippen molar-refractivity contribution >= 4 is 186 Å². The molecule has 0 spiro atoms. The van der Waals surface area contributed by atoms with Crippen molar-refractivity contribution in [1.82, 2.24) is 23.7 Å². The summed E-state index contributed by atoms with van der Waals surface area (Å²) in [6.45, 7) is 8.33. The highest BCUT2D eigenvalue weighted by Gasteiger charge is 2.51. The molecule has 0 amide bonds. The van der Waals surface area contributed by atoms with Gasteiger partial charge in [0, 0.05) is 92.2 Å². The van der Waals surface area contributed by atoms with Crippen LogP contribution in [0.1, 0.15) is 27.7 Å². The van der Waals surface area contributed by atoms with Crippen molar-refractivity contribution in [3.8, 4) is 39.3 Å². The molecule has 9 nitrogen and oxygen atoms in total. The van der Waals surface area contributed by atoms with Crippen LogP contribution in [-0.2, 0) is 9.31 Å². The molecule has 6 heterocycles. The number of halogens is 2. The predicted molar refractivity (Wildman–Crippen MR) is 480 cm³/mol. The number of benzene rings is 15. The van der Waals surface area contributed by atoms with Crippen LogP contribution in [-0.4, -0.2) is 42.0 Å². The lowest BCUT2D eigenvalue weighted by atomic mass is 9.79. The average molecular weight is 1610 g/mol. The molecule has 112 heavy (non-hydrogen) atoms. The van der Waals surface area contributed by atoms with Crippen LogP contribution in [0.3, 0.4) is 0 Å². The Bertz CT molecular complexity index is 6380. The van der Waals surface area contributed by atoms with Gasteiger partial charge in [-0.3, -0.25) is 9.80 Å². The van der Waals surface area contributed by atoms with Crippen molar-refractivity contribution in [2.24, 2.45) is 0 Å². The van der Waals surface area contributed by atoms with Gasteiger partial charge in [-0.2, -0.15) is 0 Å². The normalized spacial score (nSPS) is 13.1. The molecule has 1 aliphatic rings. The van der Waals surface area contributed by atoms with Crippen molar-refractivity contribution in [1.29, 1.82) is 0 Å². The van der Waals surface area contributed by atoms with Crippen LogP contribution in [0.4, 0.5) is 33.0 Å². The minimum Gasteiger partial charge on any atom is -0.399 e. The number of nitrogens with zero attached hydrogens (tertiary/aromatic N) is 7. The molecule has 0 N–H and O–H groups in total. The Morgan fingerprint density at radius 1 is 0.295 bits per heavy atom. The number of rotatable bonds is 12. The van der Waals surface area contributed by atoms with E-state index in [1.165, 1.54) is 65.4 Å². The maximum atomic E-state index is 6.19. The van der Waals surface area contributed by atoms with Gasteiger partial charge in [0.15, 0.2) is 10.3 Å². The van der Waals surface area contributed by atoms with E-state index in [0.717, 1.165) is 107 Å². The fourth-order valence-electron chi connectivity index (χ4n) is 15.6. The first-order chi connectivity index (χ1) is 54.9. The molecule has 0 unspecified atom stereocenters. The standard InChI is InChI=1S/C55H36N4S.C24H24BNO2.C19H12Br2N2S/c1-3-15-39(16-4-1)57(40-17-5-2-6-18-40)55-56-53-43(37-27-31-41(32-28-37)58-49-23-11-7-19-45(49)46-20-8-12-24-50(46)58)35-36-44(54(53)60-55)38-29-33-42(34-30-38)59-51-25-13-9-21-47(51)48-22-10-14-26-52(48)59;1-23(2)24(3,4)28-25(27-23)17-13-15-18(16-14-17)26-21-11-7-5-9-19(21)20-10-6-8-12-22(20)26;20-15-11-12-16(21)18-17(15)22-19(24-18)23(13-7-3-1-4-8-13)14-9-5-2-6-10-14/h1-36H;5-16H,1-4H3;1-12H. The monoisotopic (exact) mass is 1610 g/mol. The third-order valence-corrected chi connectivity index (χ3v) is 25.4. The van der Waals surface area contributed by atoms with Gasteiger partial charge in [-0.25, -0.2) is 9.97 Å². The summed E-state index contributed by atoms with van der Waals surface area (Å²) in [6, 6.07) is 129. The van der Waals surface area contributed by atoms with Crippen molar-refractivity contribution in [3.05, 3.63) is 373 Å². The zero-order chi connectivity index (χ0) is 75.6. The SMILES string of the molecule is Brc1ccc(Br)c2sc(N(c3ccccc3)c3ccccc3)nc12.CC1(C)OB(c2ccc(-n3c4ccccc4c4ccccc43)cc2)OC1(C)C.c1ccc(N(c2ccccc2)c2nc3c(-c4ccc(-n5c6ccccc6c6ccccc65)cc4)ccc(-c4ccc(-n5c6ccccc6c6ccccc65)cc4)c3s2)cc1. The molecule has 1 saturated heterocycles. The second-order valence-corrected chi connectivity index (χ2v) is 32.6. The zero-order valence-corrected chi connectivity index (χ0v) is 66.5. The van der Waals surface area contributed by atoms with Crippen LogP contribution in [0.5, 0.6) is 0 Å². The molecule has 1 aliphatic heterocycles. The second kappa shape index (κ2) is 29.4. The first-order valence-corrected chi connectivity index (χ1v) is 40.7. The summed E-state index contributed by atoms with van der Waals surface area (Å²) < 4.78 is 23.8. The molecule has 0 radical (unpaired) electrons. The van der Waals surface area contributed by atoms with Crippen molar-refractivity contribution in [2.75, 3.05) is 9.80 Å². The summed E-state index contributed by atoms with van der Waals surface area (Å²) in [6.07, 6.45) is 0. The molecule has 5 aromatic heterocycles. The molecule has 0 bridgehead atoms. The quantitative estimate of drug-likeness (QED) is 0.114. The van der Waals surface area contributed by atoms with E-state index >= 15 is 0 Å². The highest BCUT2D eigenvalue weighted by Crippen LogP contribution is 2.48. The maximum absolute atomic E-state index is 6.19. The van der Waals surface area contributed by atoms with Gasteiger partial charge in [-0.05, 0) is 210 Å². The van der Waals surface area contributed by atoms with Gasteiger partial charge in [-0.15, -0.1) is 0 Å². The molecular formula is C98H72BBr2N7O2S2. The number of hydrogen-bond donors (Lipinski definition) is 0. The molecule has 0 saturated carbocycles. The van der Waals surface area contributed by atoms with Gasteiger partial charge in [0.05, 0.1) is 64.7 Å². The lowest BCUT2D eigenvalue weighted by molar-refractivity contribution is 0.00578. The Morgan fingerprint density at radius 3 is 0.929 bits per heavy atom. The van der Waals surface area contributed by atoms with E-state index in [1.54, 1.807) is 22.7 Å². The lowest BCUT2D eigenvalue weighted by Crippen LogP contribution is -2.41. The fourth-order valence-corrected chi connectivity index (χ4v) is 18.9. The largest absolute Gasteiger partial charge is 0.494 e. The van der Waals surface area contributed by atoms with E-state index < -0.39 is 0 Å². The van der Waals surface area contributed by atoms with Crippen LogP contribution in [0.2, 0.25) is 0 Å². The molecule has 15 aromatic carbocycles. The van der Waals surface area contributed by atoms with Crippen molar-refractivity contribution in [3.63, 3.8) is 0 Å². The van der Waals surface area contributed by atoms with Gasteiger partial charge < -0.3 is 23.0 Å². The van der Waals surface area contributed by atoms with Crippen LogP contribution in [0, 0.1) is 0 Å². The molecule has 21 rings (SSSR count). The number of fused-ring (bicyclic) bond motifs is 11. The van der Waals surface area contributed by atoms with Crippen LogP contribution >= 0.6 is 54.5 Å². The molecule has 1 fully saturated rings. The molecule has 20 aromatic rings. The Balaban J connectivity index is 0.000000133. The van der Waals surface area contributed by atoms with Crippen LogP contribution in [0.15, 0.2) is 373 Å². The second-order valence-electron chi connectivity index (χ2n) is 28.9. The minimum atomic E-state index is -0.336.